The van der Waals surface area contributed by atoms with Crippen LogP contribution in [0.4, 0.5) is 17.5 Å². The van der Waals surface area contributed by atoms with E-state index in [-0.39, 0.29) is 40.9 Å². The summed E-state index contributed by atoms with van der Waals surface area (Å²) < 4.78 is 34.2. The van der Waals surface area contributed by atoms with Crippen molar-refractivity contribution >= 4 is 39.8 Å². The molecule has 0 aromatic carbocycles. The van der Waals surface area contributed by atoms with Crippen molar-refractivity contribution in [2.75, 3.05) is 37.0 Å². The number of anilines is 3. The normalized spacial score (nSPS) is 33.1. The summed E-state index contributed by atoms with van der Waals surface area (Å²) in [6, 6.07) is 1.33. The van der Waals surface area contributed by atoms with Crippen LogP contribution in [0.25, 0.3) is 22.3 Å². The quantitative estimate of drug-likeness (QED) is 0.0669. The molecule has 3 aliphatic rings. The summed E-state index contributed by atoms with van der Waals surface area (Å²) in [5, 5.41) is 54.8. The predicted octanol–water partition coefficient (Wildman–Crippen LogP) is -4.43. The van der Waals surface area contributed by atoms with E-state index in [1.54, 1.807) is 0 Å². The Morgan fingerprint density at radius 1 is 0.660 bits per heavy atom. The molecule has 53 heavy (non-hydrogen) atoms. The maximum absolute atomic E-state index is 12.4. The van der Waals surface area contributed by atoms with E-state index >= 15 is 0 Å². The lowest BCUT2D eigenvalue weighted by molar-refractivity contribution is -0.131. The monoisotopic (exact) mass is 741 g/mol. The van der Waals surface area contributed by atoms with E-state index in [1.807, 2.05) is 0 Å². The minimum Gasteiger partial charge on any atom is -0.394 e. The van der Waals surface area contributed by atoms with Gasteiger partial charge in [0.25, 0.3) is 0 Å². The third-order valence-electron chi connectivity index (χ3n) is 9.49. The Morgan fingerprint density at radius 2 is 1.17 bits per heavy atom. The number of aliphatic hydroxyl groups excluding tert-OH is 5. The van der Waals surface area contributed by atoms with Crippen molar-refractivity contribution in [1.29, 1.82) is 0 Å². The van der Waals surface area contributed by atoms with Crippen LogP contribution in [0.2, 0.25) is 0 Å². The minimum absolute atomic E-state index is 0.0375. The number of ether oxygens (including phenoxy) is 5. The van der Waals surface area contributed by atoms with Gasteiger partial charge in [0.15, 0.2) is 41.6 Å². The number of hydrogen-bond donors (Lipinski definition) is 8. The summed E-state index contributed by atoms with van der Waals surface area (Å²) in [6.07, 6.45) is -8.50. The Balaban J connectivity index is 1.03. The average Bonchev–Trinajstić information content (AvgIpc) is 3.95. The molecule has 24 heteroatoms. The molecule has 24 nitrogen and oxygen atoms in total. The lowest BCUT2D eigenvalue weighted by atomic mass is 10.1. The van der Waals surface area contributed by atoms with E-state index in [9.17, 15) is 30.3 Å². The Morgan fingerprint density at radius 3 is 1.74 bits per heavy atom. The van der Waals surface area contributed by atoms with E-state index < -0.39 is 92.5 Å². The fourth-order valence-electron chi connectivity index (χ4n) is 6.83. The Kier molecular flexibility index (Phi) is 9.09. The van der Waals surface area contributed by atoms with Gasteiger partial charge in [-0.2, -0.15) is 4.98 Å². The van der Waals surface area contributed by atoms with Gasteiger partial charge >= 0.3 is 5.69 Å². The molecule has 282 valence electrons. The van der Waals surface area contributed by atoms with Crippen molar-refractivity contribution in [3.63, 3.8) is 0 Å². The van der Waals surface area contributed by atoms with Crippen LogP contribution < -0.4 is 22.9 Å². The molecule has 0 saturated carbocycles. The zero-order valence-electron chi connectivity index (χ0n) is 27.4. The van der Waals surface area contributed by atoms with Gasteiger partial charge < -0.3 is 66.4 Å². The van der Waals surface area contributed by atoms with E-state index in [2.05, 4.69) is 34.9 Å². The van der Waals surface area contributed by atoms with Gasteiger partial charge in [0.2, 0.25) is 0 Å². The van der Waals surface area contributed by atoms with Crippen molar-refractivity contribution in [3.05, 3.63) is 48.1 Å². The van der Waals surface area contributed by atoms with Crippen molar-refractivity contribution in [1.82, 2.24) is 48.6 Å². The van der Waals surface area contributed by atoms with Gasteiger partial charge in [-0.15, -0.1) is 0 Å². The van der Waals surface area contributed by atoms with Crippen LogP contribution in [-0.4, -0.2) is 149 Å². The number of imidazole rings is 2. The molecular weight excluding hydrogens is 706 g/mol. The van der Waals surface area contributed by atoms with Crippen molar-refractivity contribution < 1.29 is 49.2 Å². The van der Waals surface area contributed by atoms with Gasteiger partial charge in [-0.25, -0.2) is 34.7 Å². The molecule has 8 heterocycles. The second kappa shape index (κ2) is 13.8. The van der Waals surface area contributed by atoms with Crippen molar-refractivity contribution in [2.45, 2.75) is 73.6 Å². The highest BCUT2D eigenvalue weighted by atomic mass is 16.6. The molecule has 5 aromatic heterocycles. The highest BCUT2D eigenvalue weighted by Crippen LogP contribution is 2.38. The summed E-state index contributed by atoms with van der Waals surface area (Å²) in [7, 11) is 0. The minimum atomic E-state index is -1.55. The Bertz CT molecular complexity index is 2170. The molecule has 3 aliphatic heterocycles. The lowest BCUT2D eigenvalue weighted by Crippen LogP contribution is -2.43. The second-order valence-electron chi connectivity index (χ2n) is 12.6. The molecule has 12 atom stereocenters. The number of nitrogens with zero attached hydrogens (tertiary/aromatic N) is 10. The Hall–Kier alpha value is -5.02. The summed E-state index contributed by atoms with van der Waals surface area (Å²) in [5.74, 6) is 0.191. The number of fused-ring (bicyclic) bond motifs is 2. The number of nitrogens with two attached hydrogens (primary N) is 3. The zero-order valence-corrected chi connectivity index (χ0v) is 27.4. The van der Waals surface area contributed by atoms with Gasteiger partial charge in [0, 0.05) is 6.20 Å². The SMILES string of the molecule is Nc1ccn([C@@H]2O[C@H](CO[C@H]3[C@@H](O)[C@H](n4cnc5c(N)ncnc54)O[C@@H]3CO[C@H]3[C@@H](O)[C@H](n4cnc5c(N)ncnc54)O[C@@H]3CO)[C@@H](O)[C@H]2O)c(=O)n1. The van der Waals surface area contributed by atoms with E-state index in [1.165, 1.54) is 46.7 Å². The van der Waals surface area contributed by atoms with Gasteiger partial charge in [-0.3, -0.25) is 13.7 Å². The molecule has 0 unspecified atom stereocenters. The summed E-state index contributed by atoms with van der Waals surface area (Å²) in [4.78, 5) is 40.8. The first kappa shape index (κ1) is 35.0. The van der Waals surface area contributed by atoms with Crippen LogP contribution in [0.15, 0.2) is 42.4 Å². The van der Waals surface area contributed by atoms with Crippen molar-refractivity contribution in [3.8, 4) is 0 Å². The zero-order chi connectivity index (χ0) is 37.1. The van der Waals surface area contributed by atoms with Gasteiger partial charge in [-0.05, 0) is 6.07 Å². The third kappa shape index (κ3) is 5.99. The number of hydrogen-bond acceptors (Lipinski definition) is 21. The second-order valence-corrected chi connectivity index (χ2v) is 12.6. The maximum atomic E-state index is 12.4. The molecule has 0 spiro atoms. The molecule has 0 amide bonds. The third-order valence-corrected chi connectivity index (χ3v) is 9.49. The number of aromatic nitrogens is 10. The first-order chi connectivity index (χ1) is 25.5. The van der Waals surface area contributed by atoms with Crippen LogP contribution in [0.3, 0.4) is 0 Å². The predicted molar refractivity (Wildman–Crippen MR) is 175 cm³/mol. The molecule has 0 bridgehead atoms. The van der Waals surface area contributed by atoms with E-state index in [0.717, 1.165) is 4.57 Å². The summed E-state index contributed by atoms with van der Waals surface area (Å²) in [5.41, 5.74) is 17.8. The van der Waals surface area contributed by atoms with Gasteiger partial charge in [0.05, 0.1) is 32.5 Å². The van der Waals surface area contributed by atoms with E-state index in [4.69, 9.17) is 40.9 Å². The van der Waals surface area contributed by atoms with Crippen LogP contribution in [0, 0.1) is 0 Å². The van der Waals surface area contributed by atoms with Gasteiger partial charge in [-0.1, -0.05) is 0 Å². The number of aliphatic hydroxyl groups is 5. The molecular formula is C29H35N13O11. The first-order valence-corrected chi connectivity index (χ1v) is 16.3. The molecule has 0 radical (unpaired) electrons. The molecule has 3 fully saturated rings. The fourth-order valence-corrected chi connectivity index (χ4v) is 6.83. The highest BCUT2D eigenvalue weighted by Gasteiger charge is 2.51. The molecule has 5 aromatic rings. The maximum Gasteiger partial charge on any atom is 0.351 e. The van der Waals surface area contributed by atoms with Crippen LogP contribution >= 0.6 is 0 Å². The van der Waals surface area contributed by atoms with Crippen molar-refractivity contribution in [2.24, 2.45) is 0 Å². The van der Waals surface area contributed by atoms with Crippen LogP contribution in [-0.2, 0) is 23.7 Å². The highest BCUT2D eigenvalue weighted by molar-refractivity contribution is 5.81. The largest absolute Gasteiger partial charge is 0.394 e. The Labute approximate surface area is 296 Å². The number of nitrogen functional groups attached to an aromatic ring is 3. The first-order valence-electron chi connectivity index (χ1n) is 16.3. The molecule has 0 aliphatic carbocycles. The molecule has 11 N–H and O–H groups in total. The summed E-state index contributed by atoms with van der Waals surface area (Å²) >= 11 is 0. The standard InChI is InChI=1S/C29H35N13O11/c30-13-1-2-40(29(48)39-13)26-17(45)16(44)11(52-26)4-49-21-12(53-28(19(21)47)42-9-38-15-23(32)34-7-36-25(15)42)5-50-20-10(3-43)51-27(18(20)46)41-8-37-14-22(31)33-6-35-24(14)41/h1-2,6-12,16-21,26-28,43-47H,3-5H2,(H2,30,39,48)(H2,31,33,35)(H2,32,34,36)/t10-,11-,12-,16-,17-,18-,19-,20-,21-,26-,27-,28-/m1/s1. The van der Waals surface area contributed by atoms with Crippen LogP contribution in [0.1, 0.15) is 18.7 Å². The number of rotatable bonds is 10. The summed E-state index contributed by atoms with van der Waals surface area (Å²) in [6.45, 7) is -1.25. The average molecular weight is 742 g/mol. The van der Waals surface area contributed by atoms with Gasteiger partial charge in [0.1, 0.15) is 84.4 Å². The fraction of sp³-hybridized carbons (Fsp3) is 0.517. The topological polar surface area (TPSA) is 347 Å². The van der Waals surface area contributed by atoms with E-state index in [0.29, 0.717) is 5.52 Å². The van der Waals surface area contributed by atoms with Crippen LogP contribution in [0.5, 0.6) is 0 Å². The molecule has 3 saturated heterocycles. The lowest BCUT2D eigenvalue weighted by Gasteiger charge is -2.26. The smallest absolute Gasteiger partial charge is 0.351 e. The molecule has 8 rings (SSSR count).